The minimum Gasteiger partial charge on any atom is -0.348 e. The average Bonchev–Trinajstić information content (AvgIpc) is 2.59. The molecule has 134 valence electrons. The SMILES string of the molecule is CS(=O)(=O)c1ccc(-c2ccc(C(=O)NC3CC(N=C=S)C3)nc2)cc1. The van der Waals surface area contributed by atoms with E-state index in [4.69, 9.17) is 0 Å². The maximum absolute atomic E-state index is 12.2. The van der Waals surface area contributed by atoms with Gasteiger partial charge >= 0.3 is 0 Å². The number of aromatic nitrogens is 1. The molecule has 0 aliphatic heterocycles. The van der Waals surface area contributed by atoms with Crippen molar-refractivity contribution >= 4 is 33.1 Å². The van der Waals surface area contributed by atoms with Gasteiger partial charge in [-0.05, 0) is 48.8 Å². The van der Waals surface area contributed by atoms with Crippen LogP contribution in [0.5, 0.6) is 0 Å². The zero-order valence-corrected chi connectivity index (χ0v) is 15.7. The van der Waals surface area contributed by atoms with E-state index in [9.17, 15) is 13.2 Å². The maximum atomic E-state index is 12.2. The molecule has 3 rings (SSSR count). The van der Waals surface area contributed by atoms with Crippen LogP contribution in [0.15, 0.2) is 52.5 Å². The van der Waals surface area contributed by atoms with Gasteiger partial charge in [-0.15, -0.1) is 0 Å². The summed E-state index contributed by atoms with van der Waals surface area (Å²) >= 11 is 4.57. The second-order valence-corrected chi connectivity index (χ2v) is 8.44. The molecule has 0 bridgehead atoms. The van der Waals surface area contributed by atoms with E-state index in [1.54, 1.807) is 42.6 Å². The van der Waals surface area contributed by atoms with Gasteiger partial charge < -0.3 is 5.32 Å². The monoisotopic (exact) mass is 387 g/mol. The Labute approximate surface area is 157 Å². The van der Waals surface area contributed by atoms with Gasteiger partial charge in [-0.2, -0.15) is 0 Å². The van der Waals surface area contributed by atoms with Crippen LogP contribution < -0.4 is 5.32 Å². The van der Waals surface area contributed by atoms with E-state index in [-0.39, 0.29) is 22.9 Å². The summed E-state index contributed by atoms with van der Waals surface area (Å²) < 4.78 is 23.0. The second-order valence-electron chi connectivity index (χ2n) is 6.24. The number of nitrogens with one attached hydrogen (secondary N) is 1. The zero-order chi connectivity index (χ0) is 18.7. The molecule has 0 radical (unpaired) electrons. The highest BCUT2D eigenvalue weighted by Crippen LogP contribution is 2.24. The molecule has 2 aromatic rings. The van der Waals surface area contributed by atoms with Gasteiger partial charge in [0, 0.05) is 24.1 Å². The molecule has 0 saturated heterocycles. The third kappa shape index (κ3) is 4.22. The molecule has 1 aliphatic rings. The van der Waals surface area contributed by atoms with Gasteiger partial charge in [0.1, 0.15) is 5.69 Å². The van der Waals surface area contributed by atoms with Crippen LogP contribution in [0.2, 0.25) is 0 Å². The van der Waals surface area contributed by atoms with Crippen molar-refractivity contribution in [1.82, 2.24) is 10.3 Å². The number of carbonyl (C=O) groups is 1. The predicted octanol–water partition coefficient (Wildman–Crippen LogP) is 2.52. The number of benzene rings is 1. The standard InChI is InChI=1S/C18H17N3O3S2/c1-26(23,24)16-5-2-12(3-6-16)13-4-7-17(19-10-13)18(22)21-15-8-14(9-15)20-11-25/h2-7,10,14-15H,8-9H2,1H3,(H,21,22). The number of sulfone groups is 1. The van der Waals surface area contributed by atoms with Crippen molar-refractivity contribution in [2.45, 2.75) is 29.8 Å². The minimum absolute atomic E-state index is 0.0876. The van der Waals surface area contributed by atoms with Gasteiger partial charge in [-0.1, -0.05) is 18.2 Å². The summed E-state index contributed by atoms with van der Waals surface area (Å²) in [6, 6.07) is 10.2. The van der Waals surface area contributed by atoms with Gasteiger partial charge in [0.2, 0.25) is 0 Å². The minimum atomic E-state index is -3.22. The van der Waals surface area contributed by atoms with Crippen LogP contribution in [0.25, 0.3) is 11.1 Å². The Bertz CT molecular complexity index is 958. The molecule has 6 nitrogen and oxygen atoms in total. The molecule has 8 heteroatoms. The Kier molecular flexibility index (Phi) is 5.27. The third-order valence-electron chi connectivity index (χ3n) is 4.30. The van der Waals surface area contributed by atoms with Crippen LogP contribution in [-0.4, -0.2) is 42.8 Å². The van der Waals surface area contributed by atoms with Crippen LogP contribution in [-0.2, 0) is 9.84 Å². The van der Waals surface area contributed by atoms with Crippen molar-refractivity contribution in [1.29, 1.82) is 0 Å². The number of carbonyl (C=O) groups excluding carboxylic acids is 1. The number of rotatable bonds is 5. The largest absolute Gasteiger partial charge is 0.348 e. The lowest BCUT2D eigenvalue weighted by Gasteiger charge is -2.32. The van der Waals surface area contributed by atoms with Crippen LogP contribution >= 0.6 is 12.2 Å². The number of thiocarbonyl (C=S) groups is 1. The number of hydrogen-bond acceptors (Lipinski definition) is 6. The molecule has 1 fully saturated rings. The van der Waals surface area contributed by atoms with Gasteiger partial charge in [0.15, 0.2) is 9.84 Å². The highest BCUT2D eigenvalue weighted by molar-refractivity contribution is 7.90. The smallest absolute Gasteiger partial charge is 0.270 e. The summed E-state index contributed by atoms with van der Waals surface area (Å²) in [6.07, 6.45) is 4.30. The Hall–Kier alpha value is -2.41. The van der Waals surface area contributed by atoms with Crippen molar-refractivity contribution in [3.63, 3.8) is 0 Å². The number of pyridine rings is 1. The second kappa shape index (κ2) is 7.45. The first-order valence-electron chi connectivity index (χ1n) is 8.01. The fraction of sp³-hybridized carbons (Fsp3) is 0.278. The fourth-order valence-corrected chi connectivity index (χ4v) is 3.52. The highest BCUT2D eigenvalue weighted by atomic mass is 32.2. The van der Waals surface area contributed by atoms with E-state index in [2.05, 4.69) is 32.7 Å². The third-order valence-corrected chi connectivity index (χ3v) is 5.53. The van der Waals surface area contributed by atoms with Crippen LogP contribution in [0.1, 0.15) is 23.3 Å². The van der Waals surface area contributed by atoms with Crippen molar-refractivity contribution < 1.29 is 13.2 Å². The van der Waals surface area contributed by atoms with Crippen molar-refractivity contribution in [3.05, 3.63) is 48.3 Å². The molecule has 1 amide bonds. The summed E-state index contributed by atoms with van der Waals surface area (Å²) in [4.78, 5) is 20.7. The molecule has 1 aromatic carbocycles. The maximum Gasteiger partial charge on any atom is 0.270 e. The van der Waals surface area contributed by atoms with E-state index in [1.807, 2.05) is 0 Å². The summed E-state index contributed by atoms with van der Waals surface area (Å²) in [5.41, 5.74) is 1.97. The van der Waals surface area contributed by atoms with E-state index in [1.165, 1.54) is 6.26 Å². The molecule has 0 unspecified atom stereocenters. The fourth-order valence-electron chi connectivity index (χ4n) is 2.74. The first-order valence-corrected chi connectivity index (χ1v) is 10.3. The van der Waals surface area contributed by atoms with Crippen LogP contribution in [0.4, 0.5) is 0 Å². The van der Waals surface area contributed by atoms with E-state index in [0.717, 1.165) is 24.0 Å². The first-order chi connectivity index (χ1) is 12.4. The molecule has 0 atom stereocenters. The Morgan fingerprint density at radius 1 is 1.19 bits per heavy atom. The number of aliphatic imine (C=N–C) groups is 1. The van der Waals surface area contributed by atoms with E-state index < -0.39 is 9.84 Å². The van der Waals surface area contributed by atoms with Crippen molar-refractivity contribution in [2.24, 2.45) is 4.99 Å². The molecule has 26 heavy (non-hydrogen) atoms. The molecule has 1 heterocycles. The van der Waals surface area contributed by atoms with Crippen molar-refractivity contribution in [3.8, 4) is 11.1 Å². The first kappa shape index (κ1) is 18.4. The molecular formula is C18H17N3O3S2. The molecule has 1 N–H and O–H groups in total. The molecular weight excluding hydrogens is 370 g/mol. The van der Waals surface area contributed by atoms with Gasteiger partial charge in [0.25, 0.3) is 5.91 Å². The van der Waals surface area contributed by atoms with Crippen LogP contribution in [0.3, 0.4) is 0 Å². The molecule has 1 aliphatic carbocycles. The molecule has 0 spiro atoms. The van der Waals surface area contributed by atoms with Crippen molar-refractivity contribution in [2.75, 3.05) is 6.26 Å². The van der Waals surface area contributed by atoms with E-state index in [0.29, 0.717) is 5.69 Å². The Morgan fingerprint density at radius 3 is 2.38 bits per heavy atom. The lowest BCUT2D eigenvalue weighted by Crippen LogP contribution is -2.46. The topological polar surface area (TPSA) is 88.5 Å². The molecule has 1 aromatic heterocycles. The summed E-state index contributed by atoms with van der Waals surface area (Å²) in [7, 11) is -3.22. The van der Waals surface area contributed by atoms with Gasteiger partial charge in [-0.25, -0.2) is 13.4 Å². The normalized spacial score (nSPS) is 19.1. The predicted molar refractivity (Wildman–Crippen MR) is 102 cm³/mol. The van der Waals surface area contributed by atoms with Gasteiger partial charge in [-0.3, -0.25) is 9.78 Å². The number of isothiocyanates is 1. The van der Waals surface area contributed by atoms with Crippen LogP contribution in [0, 0.1) is 0 Å². The van der Waals surface area contributed by atoms with E-state index >= 15 is 0 Å². The lowest BCUT2D eigenvalue weighted by molar-refractivity contribution is 0.0905. The average molecular weight is 387 g/mol. The molecule has 1 saturated carbocycles. The summed E-state index contributed by atoms with van der Waals surface area (Å²) in [5.74, 6) is -0.223. The number of nitrogens with zero attached hydrogens (tertiary/aromatic N) is 2. The quantitative estimate of drug-likeness (QED) is 0.629. The number of hydrogen-bond donors (Lipinski definition) is 1. The highest BCUT2D eigenvalue weighted by Gasteiger charge is 2.30. The lowest BCUT2D eigenvalue weighted by atomic mass is 9.87. The zero-order valence-electron chi connectivity index (χ0n) is 14.0. The Morgan fingerprint density at radius 2 is 1.85 bits per heavy atom. The summed E-state index contributed by atoms with van der Waals surface area (Å²) in [5, 5.41) is 5.27. The Balaban J connectivity index is 1.65. The number of amides is 1. The van der Waals surface area contributed by atoms with Gasteiger partial charge in [0.05, 0.1) is 16.1 Å². The summed E-state index contributed by atoms with van der Waals surface area (Å²) in [6.45, 7) is 0.